The fraction of sp³-hybridized carbons (Fsp3) is 0.290. The number of pyridine rings is 1. The first-order valence-corrected chi connectivity index (χ1v) is 13.0. The Labute approximate surface area is 227 Å². The predicted octanol–water partition coefficient (Wildman–Crippen LogP) is 6.70. The highest BCUT2D eigenvalue weighted by molar-refractivity contribution is 5.96. The van der Waals surface area contributed by atoms with Gasteiger partial charge in [-0.05, 0) is 36.2 Å². The Morgan fingerprint density at radius 3 is 2.46 bits per heavy atom. The molecule has 0 spiro atoms. The number of aromatic nitrogens is 1. The lowest BCUT2D eigenvalue weighted by atomic mass is 9.94. The topological polar surface area (TPSA) is 70.1 Å². The van der Waals surface area contributed by atoms with Crippen LogP contribution in [0, 0.1) is 11.7 Å². The van der Waals surface area contributed by atoms with Crippen LogP contribution in [0.3, 0.4) is 0 Å². The predicted molar refractivity (Wildman–Crippen MR) is 147 cm³/mol. The first-order chi connectivity index (χ1) is 19.0. The van der Waals surface area contributed by atoms with Crippen molar-refractivity contribution in [2.45, 2.75) is 25.9 Å². The summed E-state index contributed by atoms with van der Waals surface area (Å²) in [4.78, 5) is 19.0. The summed E-state index contributed by atoms with van der Waals surface area (Å²) >= 11 is 0. The zero-order valence-electron chi connectivity index (χ0n) is 22.2. The Morgan fingerprint density at radius 1 is 0.974 bits per heavy atom. The standard InChI is InChI=1S/C31H31FN2O5/c1-4-14-38-31(20-8-6-5-7-9-20)21-15-30(35)34(19-21)22-10-11-27(24(32)16-22)39-26-12-13-33-25-18-29(37-3)28(36-2)17-23(25)26/h5-13,16-18,21,31H,4,14-15,19H2,1-3H3/t21-,31-/m0/s1. The van der Waals surface area contributed by atoms with E-state index in [1.165, 1.54) is 6.07 Å². The van der Waals surface area contributed by atoms with Crippen molar-refractivity contribution in [1.29, 1.82) is 0 Å². The highest BCUT2D eigenvalue weighted by Crippen LogP contribution is 2.39. The van der Waals surface area contributed by atoms with E-state index < -0.39 is 5.82 Å². The van der Waals surface area contributed by atoms with Crippen LogP contribution in [0.2, 0.25) is 0 Å². The molecular formula is C31H31FN2O5. The fourth-order valence-electron chi connectivity index (χ4n) is 4.97. The largest absolute Gasteiger partial charge is 0.493 e. The van der Waals surface area contributed by atoms with Gasteiger partial charge in [0.05, 0.1) is 25.8 Å². The number of ether oxygens (including phenoxy) is 4. The molecule has 39 heavy (non-hydrogen) atoms. The lowest BCUT2D eigenvalue weighted by Gasteiger charge is -2.24. The SMILES string of the molecule is CCCO[C@@H](c1ccccc1)[C@H]1CC(=O)N(c2ccc(Oc3ccnc4cc(OC)c(OC)cc34)c(F)c2)C1. The van der Waals surface area contributed by atoms with Crippen LogP contribution in [-0.4, -0.2) is 38.3 Å². The number of hydrogen-bond acceptors (Lipinski definition) is 6. The summed E-state index contributed by atoms with van der Waals surface area (Å²) in [5.41, 5.74) is 2.15. The van der Waals surface area contributed by atoms with Crippen molar-refractivity contribution in [1.82, 2.24) is 4.98 Å². The summed E-state index contributed by atoms with van der Waals surface area (Å²) in [6.45, 7) is 3.11. The summed E-state index contributed by atoms with van der Waals surface area (Å²) in [7, 11) is 3.09. The van der Waals surface area contributed by atoms with Crippen molar-refractivity contribution in [3.05, 3.63) is 84.3 Å². The number of halogens is 1. The second-order valence-corrected chi connectivity index (χ2v) is 9.42. The van der Waals surface area contributed by atoms with Crippen LogP contribution in [0.25, 0.3) is 10.9 Å². The molecule has 1 amide bonds. The molecule has 0 bridgehead atoms. The number of nitrogens with zero attached hydrogens (tertiary/aromatic N) is 2. The molecule has 1 aliphatic heterocycles. The molecule has 4 aromatic rings. The number of amides is 1. The number of anilines is 1. The second-order valence-electron chi connectivity index (χ2n) is 9.42. The quantitative estimate of drug-likeness (QED) is 0.227. The Kier molecular flexibility index (Phi) is 7.93. The minimum absolute atomic E-state index is 0.0395. The number of methoxy groups -OCH3 is 2. The molecule has 3 aromatic carbocycles. The van der Waals surface area contributed by atoms with Crippen LogP contribution >= 0.6 is 0 Å². The first kappa shape index (κ1) is 26.4. The molecule has 1 aromatic heterocycles. The molecule has 0 unspecified atom stereocenters. The average molecular weight is 531 g/mol. The van der Waals surface area contributed by atoms with Crippen LogP contribution in [0.5, 0.6) is 23.0 Å². The Hall–Kier alpha value is -4.17. The third kappa shape index (κ3) is 5.52. The first-order valence-electron chi connectivity index (χ1n) is 13.0. The van der Waals surface area contributed by atoms with E-state index in [1.54, 1.807) is 55.6 Å². The summed E-state index contributed by atoms with van der Waals surface area (Å²) in [6.07, 6.45) is 2.59. The summed E-state index contributed by atoms with van der Waals surface area (Å²) in [6, 6.07) is 19.7. The number of rotatable bonds is 10. The molecule has 2 heterocycles. The fourth-order valence-corrected chi connectivity index (χ4v) is 4.97. The molecule has 0 radical (unpaired) electrons. The van der Waals surface area contributed by atoms with Gasteiger partial charge in [-0.3, -0.25) is 9.78 Å². The third-order valence-corrected chi connectivity index (χ3v) is 6.87. The number of fused-ring (bicyclic) bond motifs is 1. The summed E-state index contributed by atoms with van der Waals surface area (Å²) < 4.78 is 38.2. The van der Waals surface area contributed by atoms with E-state index in [4.69, 9.17) is 18.9 Å². The average Bonchev–Trinajstić information content (AvgIpc) is 3.35. The van der Waals surface area contributed by atoms with E-state index in [0.717, 1.165) is 12.0 Å². The zero-order valence-corrected chi connectivity index (χ0v) is 22.2. The molecule has 1 saturated heterocycles. The Morgan fingerprint density at radius 2 is 1.74 bits per heavy atom. The van der Waals surface area contributed by atoms with Gasteiger partial charge in [-0.25, -0.2) is 4.39 Å². The molecule has 0 N–H and O–H groups in total. The summed E-state index contributed by atoms with van der Waals surface area (Å²) in [5, 5.41) is 0.648. The van der Waals surface area contributed by atoms with Gasteiger partial charge in [0, 0.05) is 54.9 Å². The minimum atomic E-state index is -0.573. The number of carbonyl (C=O) groups is 1. The maximum Gasteiger partial charge on any atom is 0.227 e. The van der Waals surface area contributed by atoms with Gasteiger partial charge in [-0.1, -0.05) is 37.3 Å². The van der Waals surface area contributed by atoms with Crippen LogP contribution in [0.1, 0.15) is 31.4 Å². The van der Waals surface area contributed by atoms with E-state index in [0.29, 0.717) is 53.4 Å². The van der Waals surface area contributed by atoms with E-state index in [2.05, 4.69) is 11.9 Å². The van der Waals surface area contributed by atoms with Gasteiger partial charge in [-0.2, -0.15) is 0 Å². The van der Waals surface area contributed by atoms with Gasteiger partial charge in [0.1, 0.15) is 5.75 Å². The Balaban J connectivity index is 1.37. The number of hydrogen-bond donors (Lipinski definition) is 0. The maximum atomic E-state index is 15.3. The molecule has 202 valence electrons. The molecule has 0 aliphatic carbocycles. The van der Waals surface area contributed by atoms with Crippen LogP contribution in [0.4, 0.5) is 10.1 Å². The number of carbonyl (C=O) groups excluding carboxylic acids is 1. The van der Waals surface area contributed by atoms with E-state index in [9.17, 15) is 4.79 Å². The van der Waals surface area contributed by atoms with Gasteiger partial charge in [-0.15, -0.1) is 0 Å². The van der Waals surface area contributed by atoms with E-state index in [-0.39, 0.29) is 23.7 Å². The highest BCUT2D eigenvalue weighted by Gasteiger charge is 2.37. The summed E-state index contributed by atoms with van der Waals surface area (Å²) in [5.74, 6) is 0.833. The molecular weight excluding hydrogens is 499 g/mol. The third-order valence-electron chi connectivity index (χ3n) is 6.87. The van der Waals surface area contributed by atoms with E-state index in [1.807, 2.05) is 30.3 Å². The van der Waals surface area contributed by atoms with Crippen molar-refractivity contribution in [2.75, 3.05) is 32.3 Å². The molecule has 1 fully saturated rings. The van der Waals surface area contributed by atoms with E-state index >= 15 is 4.39 Å². The van der Waals surface area contributed by atoms with Crippen molar-refractivity contribution in [3.8, 4) is 23.0 Å². The lowest BCUT2D eigenvalue weighted by molar-refractivity contribution is -0.117. The lowest BCUT2D eigenvalue weighted by Crippen LogP contribution is -2.26. The van der Waals surface area contributed by atoms with Crippen LogP contribution in [0.15, 0.2) is 72.9 Å². The van der Waals surface area contributed by atoms with Crippen molar-refractivity contribution >= 4 is 22.5 Å². The van der Waals surface area contributed by atoms with Crippen LogP contribution < -0.4 is 19.1 Å². The molecule has 1 aliphatic rings. The van der Waals surface area contributed by atoms with Crippen molar-refractivity contribution in [3.63, 3.8) is 0 Å². The normalized spacial score (nSPS) is 15.9. The van der Waals surface area contributed by atoms with Gasteiger partial charge in [0.25, 0.3) is 0 Å². The number of benzene rings is 3. The molecule has 8 heteroatoms. The molecule has 7 nitrogen and oxygen atoms in total. The van der Waals surface area contributed by atoms with Gasteiger partial charge >= 0.3 is 0 Å². The maximum absolute atomic E-state index is 15.3. The van der Waals surface area contributed by atoms with Crippen LogP contribution in [-0.2, 0) is 9.53 Å². The van der Waals surface area contributed by atoms with Gasteiger partial charge < -0.3 is 23.8 Å². The van der Waals surface area contributed by atoms with Gasteiger partial charge in [0.2, 0.25) is 5.91 Å². The molecule has 0 saturated carbocycles. The van der Waals surface area contributed by atoms with Crippen molar-refractivity contribution < 1.29 is 28.1 Å². The highest BCUT2D eigenvalue weighted by atomic mass is 19.1. The second kappa shape index (κ2) is 11.7. The monoisotopic (exact) mass is 530 g/mol. The minimum Gasteiger partial charge on any atom is -0.493 e. The van der Waals surface area contributed by atoms with Gasteiger partial charge in [0.15, 0.2) is 23.1 Å². The molecule has 5 rings (SSSR count). The zero-order chi connectivity index (χ0) is 27.4. The smallest absolute Gasteiger partial charge is 0.227 e. The molecule has 2 atom stereocenters. The van der Waals surface area contributed by atoms with Crippen molar-refractivity contribution in [2.24, 2.45) is 5.92 Å². The Bertz CT molecular complexity index is 1460.